The topological polar surface area (TPSA) is 56.5 Å². The van der Waals surface area contributed by atoms with E-state index in [1.807, 2.05) is 0 Å². The third kappa shape index (κ3) is 2.52. The second-order valence-electron chi connectivity index (χ2n) is 4.28. The Morgan fingerprint density at radius 3 is 2.90 bits per heavy atom. The molecule has 0 saturated heterocycles. The van der Waals surface area contributed by atoms with Crippen LogP contribution in [0.1, 0.15) is 10.4 Å². The van der Waals surface area contributed by atoms with Crippen LogP contribution in [0, 0.1) is 5.82 Å². The van der Waals surface area contributed by atoms with Gasteiger partial charge in [-0.25, -0.2) is 18.7 Å². The Bertz CT molecular complexity index is 827. The second kappa shape index (κ2) is 5.25. The molecule has 3 aromatic rings. The number of carbonyl (C=O) groups excluding carboxylic acids is 1. The lowest BCUT2D eigenvalue weighted by Gasteiger charge is -1.99. The second-order valence-corrected chi connectivity index (χ2v) is 5.19. The van der Waals surface area contributed by atoms with Crippen LogP contribution in [0.15, 0.2) is 41.0 Å². The number of nitrogens with zero attached hydrogens (tertiary/aromatic N) is 3. The van der Waals surface area contributed by atoms with Crippen molar-refractivity contribution < 1.29 is 13.9 Å². The molecule has 5 nitrogen and oxygen atoms in total. The summed E-state index contributed by atoms with van der Waals surface area (Å²) in [5, 5.41) is 4.25. The number of aromatic nitrogens is 3. The molecule has 0 aliphatic rings. The van der Waals surface area contributed by atoms with Crippen molar-refractivity contribution in [1.29, 1.82) is 0 Å². The average Bonchev–Trinajstić information content (AvgIpc) is 2.89. The molecule has 3 rings (SSSR count). The van der Waals surface area contributed by atoms with E-state index in [1.165, 1.54) is 23.8 Å². The van der Waals surface area contributed by atoms with E-state index in [2.05, 4.69) is 26.0 Å². The summed E-state index contributed by atoms with van der Waals surface area (Å²) in [6, 6.07) is 7.65. The first kappa shape index (κ1) is 13.7. The standard InChI is InChI=1S/C14H9BrFN3O2/c1-21-14(20)11-3-2-4-19-13(11)17-12(18-19)8-5-9(15)7-10(16)6-8/h2-7H,1H3. The summed E-state index contributed by atoms with van der Waals surface area (Å²) in [6.45, 7) is 0. The van der Waals surface area contributed by atoms with E-state index < -0.39 is 11.8 Å². The molecular formula is C14H9BrFN3O2. The summed E-state index contributed by atoms with van der Waals surface area (Å²) in [5.41, 5.74) is 1.18. The number of ether oxygens (including phenoxy) is 1. The van der Waals surface area contributed by atoms with Crippen LogP contribution >= 0.6 is 15.9 Å². The molecule has 0 N–H and O–H groups in total. The first-order valence-corrected chi connectivity index (χ1v) is 6.78. The van der Waals surface area contributed by atoms with Crippen LogP contribution in [0.25, 0.3) is 17.0 Å². The number of hydrogen-bond donors (Lipinski definition) is 0. The van der Waals surface area contributed by atoms with Crippen molar-refractivity contribution in [3.8, 4) is 11.4 Å². The normalized spacial score (nSPS) is 10.8. The van der Waals surface area contributed by atoms with Gasteiger partial charge in [-0.2, -0.15) is 0 Å². The Balaban J connectivity index is 2.19. The van der Waals surface area contributed by atoms with Crippen LogP contribution in [-0.4, -0.2) is 27.7 Å². The monoisotopic (exact) mass is 349 g/mol. The molecular weight excluding hydrogens is 341 g/mol. The van der Waals surface area contributed by atoms with Crippen LogP contribution in [0.5, 0.6) is 0 Å². The lowest BCUT2D eigenvalue weighted by molar-refractivity contribution is 0.0602. The molecule has 2 heterocycles. The van der Waals surface area contributed by atoms with Gasteiger partial charge >= 0.3 is 5.97 Å². The molecule has 0 aliphatic heterocycles. The third-order valence-electron chi connectivity index (χ3n) is 2.89. The Morgan fingerprint density at radius 1 is 1.38 bits per heavy atom. The molecule has 1 aromatic carbocycles. The quantitative estimate of drug-likeness (QED) is 0.667. The predicted molar refractivity (Wildman–Crippen MR) is 77.4 cm³/mol. The Kier molecular flexibility index (Phi) is 3.42. The minimum Gasteiger partial charge on any atom is -0.465 e. The van der Waals surface area contributed by atoms with E-state index in [0.717, 1.165) is 0 Å². The van der Waals surface area contributed by atoms with Gasteiger partial charge in [0, 0.05) is 16.2 Å². The first-order chi connectivity index (χ1) is 10.1. The number of halogens is 2. The molecule has 21 heavy (non-hydrogen) atoms. The van der Waals surface area contributed by atoms with Gasteiger partial charge in [-0.05, 0) is 30.3 Å². The van der Waals surface area contributed by atoms with E-state index in [-0.39, 0.29) is 0 Å². The molecule has 106 valence electrons. The molecule has 0 atom stereocenters. The van der Waals surface area contributed by atoms with E-state index >= 15 is 0 Å². The number of esters is 1. The highest BCUT2D eigenvalue weighted by Gasteiger charge is 2.15. The molecule has 2 aromatic heterocycles. The van der Waals surface area contributed by atoms with Crippen molar-refractivity contribution in [3.63, 3.8) is 0 Å². The molecule has 0 spiro atoms. The molecule has 0 saturated carbocycles. The highest BCUT2D eigenvalue weighted by Crippen LogP contribution is 2.23. The molecule has 0 fully saturated rings. The average molecular weight is 350 g/mol. The van der Waals surface area contributed by atoms with Crippen LogP contribution in [0.4, 0.5) is 4.39 Å². The van der Waals surface area contributed by atoms with Crippen LogP contribution in [-0.2, 0) is 4.74 Å². The van der Waals surface area contributed by atoms with Crippen LogP contribution < -0.4 is 0 Å². The molecule has 7 heteroatoms. The maximum absolute atomic E-state index is 13.5. The summed E-state index contributed by atoms with van der Waals surface area (Å²) in [4.78, 5) is 16.0. The number of methoxy groups -OCH3 is 1. The van der Waals surface area contributed by atoms with E-state index in [1.54, 1.807) is 24.4 Å². The summed E-state index contributed by atoms with van der Waals surface area (Å²) in [6.07, 6.45) is 1.66. The van der Waals surface area contributed by atoms with Crippen LogP contribution in [0.2, 0.25) is 0 Å². The van der Waals surface area contributed by atoms with Gasteiger partial charge in [-0.3, -0.25) is 0 Å². The fourth-order valence-corrected chi connectivity index (χ4v) is 2.45. The predicted octanol–water partition coefficient (Wildman–Crippen LogP) is 3.08. The number of benzene rings is 1. The number of fused-ring (bicyclic) bond motifs is 1. The highest BCUT2D eigenvalue weighted by atomic mass is 79.9. The molecule has 0 aliphatic carbocycles. The van der Waals surface area contributed by atoms with Crippen LogP contribution in [0.3, 0.4) is 0 Å². The molecule has 0 amide bonds. The summed E-state index contributed by atoms with van der Waals surface area (Å²) < 4.78 is 20.2. The Morgan fingerprint density at radius 2 is 2.19 bits per heavy atom. The van der Waals surface area contributed by atoms with Gasteiger partial charge in [0.05, 0.1) is 7.11 Å². The maximum atomic E-state index is 13.5. The number of pyridine rings is 1. The van der Waals surface area contributed by atoms with Crippen molar-refractivity contribution >= 4 is 27.5 Å². The smallest absolute Gasteiger partial charge is 0.341 e. The SMILES string of the molecule is COC(=O)c1cccn2nc(-c3cc(F)cc(Br)c3)nc12. The summed E-state index contributed by atoms with van der Waals surface area (Å²) in [7, 11) is 1.30. The third-order valence-corrected chi connectivity index (χ3v) is 3.35. The largest absolute Gasteiger partial charge is 0.465 e. The van der Waals surface area contributed by atoms with E-state index in [9.17, 15) is 9.18 Å². The molecule has 0 unspecified atom stereocenters. The zero-order valence-corrected chi connectivity index (χ0v) is 12.5. The van der Waals surface area contributed by atoms with Crippen molar-refractivity contribution in [2.45, 2.75) is 0 Å². The van der Waals surface area contributed by atoms with Gasteiger partial charge in [-0.1, -0.05) is 15.9 Å². The van der Waals surface area contributed by atoms with Crippen molar-refractivity contribution in [2.24, 2.45) is 0 Å². The number of carbonyl (C=O) groups is 1. The molecule has 0 radical (unpaired) electrons. The summed E-state index contributed by atoms with van der Waals surface area (Å²) >= 11 is 3.23. The minimum absolute atomic E-state index is 0.300. The number of hydrogen-bond acceptors (Lipinski definition) is 4. The van der Waals surface area contributed by atoms with Gasteiger partial charge in [0.2, 0.25) is 0 Å². The lowest BCUT2D eigenvalue weighted by Crippen LogP contribution is -2.04. The maximum Gasteiger partial charge on any atom is 0.341 e. The highest BCUT2D eigenvalue weighted by molar-refractivity contribution is 9.10. The Hall–Kier alpha value is -2.28. The zero-order valence-electron chi connectivity index (χ0n) is 10.9. The van der Waals surface area contributed by atoms with Crippen molar-refractivity contribution in [2.75, 3.05) is 7.11 Å². The van der Waals surface area contributed by atoms with E-state index in [4.69, 9.17) is 4.74 Å². The van der Waals surface area contributed by atoms with Gasteiger partial charge < -0.3 is 4.74 Å². The lowest BCUT2D eigenvalue weighted by atomic mass is 10.2. The molecule has 0 bridgehead atoms. The van der Waals surface area contributed by atoms with Gasteiger partial charge in [0.15, 0.2) is 11.5 Å². The van der Waals surface area contributed by atoms with Crippen molar-refractivity contribution in [3.05, 3.63) is 52.4 Å². The minimum atomic E-state index is -0.500. The summed E-state index contributed by atoms with van der Waals surface area (Å²) in [5.74, 6) is -0.571. The van der Waals surface area contributed by atoms with Crippen molar-refractivity contribution in [1.82, 2.24) is 14.6 Å². The fourth-order valence-electron chi connectivity index (χ4n) is 1.98. The number of rotatable bonds is 2. The van der Waals surface area contributed by atoms with Gasteiger partial charge in [0.1, 0.15) is 11.4 Å². The van der Waals surface area contributed by atoms with Gasteiger partial charge in [-0.15, -0.1) is 5.10 Å². The van der Waals surface area contributed by atoms with Gasteiger partial charge in [0.25, 0.3) is 0 Å². The first-order valence-electron chi connectivity index (χ1n) is 5.98. The Labute approximate surface area is 127 Å². The fraction of sp³-hybridized carbons (Fsp3) is 0.0714. The zero-order chi connectivity index (χ0) is 15.0. The van der Waals surface area contributed by atoms with E-state index in [0.29, 0.717) is 27.1 Å².